The predicted octanol–water partition coefficient (Wildman–Crippen LogP) is 3.34. The number of rotatable bonds is 5. The van der Waals surface area contributed by atoms with Crippen LogP contribution in [-0.2, 0) is 0 Å². The van der Waals surface area contributed by atoms with Gasteiger partial charge in [-0.15, -0.1) is 0 Å². The number of halogens is 6. The molecule has 0 spiro atoms. The summed E-state index contributed by atoms with van der Waals surface area (Å²) in [5, 5.41) is 4.44. The fourth-order valence-electron chi connectivity index (χ4n) is 1.93. The Labute approximate surface area is 127 Å². The van der Waals surface area contributed by atoms with Crippen molar-refractivity contribution < 1.29 is 22.0 Å². The molecule has 11 heteroatoms. The number of nitrogens with zero attached hydrogens (tertiary/aromatic N) is 3. The molecule has 2 N–H and O–H groups in total. The lowest BCUT2D eigenvalue weighted by molar-refractivity contribution is -0.138. The van der Waals surface area contributed by atoms with Crippen LogP contribution in [0.25, 0.3) is 0 Å². The minimum absolute atomic E-state index is 0.0629. The SMILES string of the molecule is C[C@@H](Nc1nc(Cl)nc(NCC2CC(F)(F)C2)n1)C(F)(F)F. The molecule has 0 unspecified atom stereocenters. The molecule has 0 saturated heterocycles. The Morgan fingerprint density at radius 1 is 1.23 bits per heavy atom. The van der Waals surface area contributed by atoms with Crippen LogP contribution < -0.4 is 10.6 Å². The lowest BCUT2D eigenvalue weighted by Gasteiger charge is -2.34. The smallest absolute Gasteiger partial charge is 0.354 e. The lowest BCUT2D eigenvalue weighted by Crippen LogP contribution is -2.39. The highest BCUT2D eigenvalue weighted by atomic mass is 35.5. The summed E-state index contributed by atoms with van der Waals surface area (Å²) in [5.41, 5.74) is 0. The quantitative estimate of drug-likeness (QED) is 0.801. The normalized spacial score (nSPS) is 19.4. The van der Waals surface area contributed by atoms with Gasteiger partial charge in [0.15, 0.2) is 0 Å². The van der Waals surface area contributed by atoms with Crippen molar-refractivity contribution in [3.63, 3.8) is 0 Å². The molecule has 1 aromatic heterocycles. The molecular weight excluding hydrogens is 333 g/mol. The average molecular weight is 346 g/mol. The van der Waals surface area contributed by atoms with Crippen molar-refractivity contribution in [2.45, 2.75) is 37.9 Å². The molecule has 1 aliphatic rings. The molecule has 1 fully saturated rings. The van der Waals surface area contributed by atoms with Crippen LogP contribution in [0.5, 0.6) is 0 Å². The highest BCUT2D eigenvalue weighted by molar-refractivity contribution is 6.28. The Hall–Kier alpha value is -1.45. The van der Waals surface area contributed by atoms with Gasteiger partial charge in [0.05, 0.1) is 0 Å². The van der Waals surface area contributed by atoms with Crippen LogP contribution in [0.1, 0.15) is 19.8 Å². The van der Waals surface area contributed by atoms with Crippen LogP contribution in [-0.4, -0.2) is 39.6 Å². The number of hydrogen-bond acceptors (Lipinski definition) is 5. The van der Waals surface area contributed by atoms with Gasteiger partial charge in [0.1, 0.15) is 6.04 Å². The Morgan fingerprint density at radius 2 is 1.82 bits per heavy atom. The van der Waals surface area contributed by atoms with Crippen LogP contribution in [0.3, 0.4) is 0 Å². The third-order valence-corrected chi connectivity index (χ3v) is 3.34. The zero-order chi connectivity index (χ0) is 16.5. The number of aromatic nitrogens is 3. The van der Waals surface area contributed by atoms with Crippen molar-refractivity contribution >= 4 is 23.5 Å². The van der Waals surface area contributed by atoms with E-state index >= 15 is 0 Å². The Morgan fingerprint density at radius 3 is 2.36 bits per heavy atom. The number of nitrogens with one attached hydrogen (secondary N) is 2. The fraction of sp³-hybridized carbons (Fsp3) is 0.727. The summed E-state index contributed by atoms with van der Waals surface area (Å²) < 4.78 is 62.8. The maximum absolute atomic E-state index is 12.7. The van der Waals surface area contributed by atoms with Gasteiger partial charge in [0.25, 0.3) is 0 Å². The van der Waals surface area contributed by atoms with Gasteiger partial charge in [-0.2, -0.15) is 28.1 Å². The molecule has 2 rings (SSSR count). The first-order valence-corrected chi connectivity index (χ1v) is 6.79. The molecule has 0 amide bonds. The van der Waals surface area contributed by atoms with E-state index in [4.69, 9.17) is 11.6 Å². The van der Waals surface area contributed by atoms with Crippen LogP contribution in [0.15, 0.2) is 0 Å². The van der Waals surface area contributed by atoms with E-state index in [-0.39, 0.29) is 42.5 Å². The van der Waals surface area contributed by atoms with Crippen molar-refractivity contribution in [3.8, 4) is 0 Å². The van der Waals surface area contributed by atoms with E-state index in [0.717, 1.165) is 6.92 Å². The molecule has 5 nitrogen and oxygen atoms in total. The first kappa shape index (κ1) is 16.9. The predicted molar refractivity (Wildman–Crippen MR) is 70.1 cm³/mol. The highest BCUT2D eigenvalue weighted by Gasteiger charge is 2.44. The Balaban J connectivity index is 1.95. The Bertz CT molecular complexity index is 530. The number of anilines is 2. The van der Waals surface area contributed by atoms with Crippen LogP contribution in [0.2, 0.25) is 5.28 Å². The second-order valence-electron chi connectivity index (χ2n) is 5.17. The van der Waals surface area contributed by atoms with E-state index in [2.05, 4.69) is 25.6 Å². The van der Waals surface area contributed by atoms with Crippen molar-refractivity contribution in [2.75, 3.05) is 17.2 Å². The maximum atomic E-state index is 12.7. The standard InChI is InChI=1S/C11H13ClF5N5/c1-5(11(15,16)17)19-9-21-7(12)20-8(22-9)18-4-6-2-10(13,14)3-6/h5-6H,2-4H2,1H3,(H2,18,19,20,21,22)/t5-/m1/s1. The molecule has 1 heterocycles. The summed E-state index contributed by atoms with van der Waals surface area (Å²) in [4.78, 5) is 11.0. The monoisotopic (exact) mass is 345 g/mol. The third kappa shape index (κ3) is 4.52. The number of alkyl halides is 5. The summed E-state index contributed by atoms with van der Waals surface area (Å²) in [5.74, 6) is -3.28. The minimum atomic E-state index is -4.47. The summed E-state index contributed by atoms with van der Waals surface area (Å²) >= 11 is 5.61. The number of hydrogen-bond donors (Lipinski definition) is 2. The van der Waals surface area contributed by atoms with Gasteiger partial charge in [0, 0.05) is 19.4 Å². The molecule has 0 aromatic carbocycles. The molecule has 0 radical (unpaired) electrons. The topological polar surface area (TPSA) is 62.7 Å². The van der Waals surface area contributed by atoms with Gasteiger partial charge in [-0.25, -0.2) is 8.78 Å². The molecule has 1 saturated carbocycles. The zero-order valence-electron chi connectivity index (χ0n) is 11.4. The molecule has 1 atom stereocenters. The summed E-state index contributed by atoms with van der Waals surface area (Å²) in [6, 6.07) is -1.87. The summed E-state index contributed by atoms with van der Waals surface area (Å²) in [6.45, 7) is 1.09. The molecule has 1 aliphatic carbocycles. The molecular formula is C11H13ClF5N5. The van der Waals surface area contributed by atoms with Crippen LogP contribution in [0, 0.1) is 5.92 Å². The van der Waals surface area contributed by atoms with Crippen molar-refractivity contribution in [1.82, 2.24) is 15.0 Å². The van der Waals surface area contributed by atoms with E-state index in [9.17, 15) is 22.0 Å². The van der Waals surface area contributed by atoms with Gasteiger partial charge in [-0.3, -0.25) is 0 Å². The summed E-state index contributed by atoms with van der Waals surface area (Å²) in [6.07, 6.45) is -4.95. The molecule has 0 aliphatic heterocycles. The van der Waals surface area contributed by atoms with E-state index in [1.165, 1.54) is 0 Å². The molecule has 1 aromatic rings. The van der Waals surface area contributed by atoms with Gasteiger partial charge >= 0.3 is 6.18 Å². The highest BCUT2D eigenvalue weighted by Crippen LogP contribution is 2.42. The molecule has 22 heavy (non-hydrogen) atoms. The first-order chi connectivity index (χ1) is 10.0. The van der Waals surface area contributed by atoms with Gasteiger partial charge in [-0.1, -0.05) is 0 Å². The third-order valence-electron chi connectivity index (χ3n) is 3.17. The second-order valence-corrected chi connectivity index (χ2v) is 5.51. The van der Waals surface area contributed by atoms with Crippen LogP contribution in [0.4, 0.5) is 33.8 Å². The fourth-order valence-corrected chi connectivity index (χ4v) is 2.09. The van der Waals surface area contributed by atoms with E-state index < -0.39 is 18.1 Å². The van der Waals surface area contributed by atoms with E-state index in [1.807, 2.05) is 0 Å². The Kier molecular flexibility index (Phi) is 4.59. The minimum Gasteiger partial charge on any atom is -0.354 e. The van der Waals surface area contributed by atoms with Crippen molar-refractivity contribution in [1.29, 1.82) is 0 Å². The average Bonchev–Trinajstić information content (AvgIpc) is 2.31. The van der Waals surface area contributed by atoms with Gasteiger partial charge in [0.2, 0.25) is 23.1 Å². The molecule has 0 bridgehead atoms. The van der Waals surface area contributed by atoms with Crippen molar-refractivity contribution in [2.24, 2.45) is 5.92 Å². The van der Waals surface area contributed by atoms with E-state index in [0.29, 0.717) is 0 Å². The van der Waals surface area contributed by atoms with E-state index in [1.54, 1.807) is 0 Å². The lowest BCUT2D eigenvalue weighted by atomic mass is 9.81. The van der Waals surface area contributed by atoms with Gasteiger partial charge in [-0.05, 0) is 24.4 Å². The zero-order valence-corrected chi connectivity index (χ0v) is 12.1. The molecule has 124 valence electrons. The summed E-state index contributed by atoms with van der Waals surface area (Å²) in [7, 11) is 0. The first-order valence-electron chi connectivity index (χ1n) is 6.42. The van der Waals surface area contributed by atoms with Gasteiger partial charge < -0.3 is 10.6 Å². The van der Waals surface area contributed by atoms with Crippen LogP contribution >= 0.6 is 11.6 Å². The maximum Gasteiger partial charge on any atom is 0.408 e. The second kappa shape index (κ2) is 5.98. The largest absolute Gasteiger partial charge is 0.408 e. The van der Waals surface area contributed by atoms with Crippen molar-refractivity contribution in [3.05, 3.63) is 5.28 Å².